The SMILES string of the molecule is CC(C)CNCC(C)NCC1CCCOC1. The van der Waals surface area contributed by atoms with Crippen LogP contribution in [0.3, 0.4) is 0 Å². The molecule has 0 aromatic heterocycles. The lowest BCUT2D eigenvalue weighted by molar-refractivity contribution is 0.0540. The molecule has 1 rings (SSSR count). The van der Waals surface area contributed by atoms with E-state index in [1.54, 1.807) is 0 Å². The third-order valence-corrected chi connectivity index (χ3v) is 3.01. The Bertz CT molecular complexity index is 167. The third-order valence-electron chi connectivity index (χ3n) is 3.01. The fourth-order valence-electron chi connectivity index (χ4n) is 2.00. The van der Waals surface area contributed by atoms with E-state index in [4.69, 9.17) is 4.74 Å². The average Bonchev–Trinajstić information content (AvgIpc) is 2.27. The zero-order valence-corrected chi connectivity index (χ0v) is 11.1. The van der Waals surface area contributed by atoms with Gasteiger partial charge in [-0.15, -0.1) is 0 Å². The number of nitrogens with one attached hydrogen (secondary N) is 2. The number of rotatable bonds is 7. The normalized spacial score (nSPS) is 23.6. The Balaban J connectivity index is 1.98. The van der Waals surface area contributed by atoms with Gasteiger partial charge in [0.2, 0.25) is 0 Å². The molecule has 1 heterocycles. The Labute approximate surface area is 100 Å². The van der Waals surface area contributed by atoms with Crippen LogP contribution in [0.15, 0.2) is 0 Å². The summed E-state index contributed by atoms with van der Waals surface area (Å²) in [6.07, 6.45) is 2.55. The molecule has 0 radical (unpaired) electrons. The molecule has 2 unspecified atom stereocenters. The predicted molar refractivity (Wildman–Crippen MR) is 68.7 cm³/mol. The van der Waals surface area contributed by atoms with Crippen molar-refractivity contribution in [3.8, 4) is 0 Å². The van der Waals surface area contributed by atoms with Crippen molar-refractivity contribution in [3.05, 3.63) is 0 Å². The van der Waals surface area contributed by atoms with E-state index in [-0.39, 0.29) is 0 Å². The second kappa shape index (κ2) is 8.04. The lowest BCUT2D eigenvalue weighted by atomic mass is 10.0. The lowest BCUT2D eigenvalue weighted by Gasteiger charge is -2.24. The fourth-order valence-corrected chi connectivity index (χ4v) is 2.00. The van der Waals surface area contributed by atoms with Crippen LogP contribution in [0, 0.1) is 11.8 Å². The maximum atomic E-state index is 5.47. The highest BCUT2D eigenvalue weighted by Crippen LogP contribution is 2.12. The zero-order valence-electron chi connectivity index (χ0n) is 11.1. The van der Waals surface area contributed by atoms with Gasteiger partial charge in [0.1, 0.15) is 0 Å². The first-order valence-corrected chi connectivity index (χ1v) is 6.70. The van der Waals surface area contributed by atoms with Gasteiger partial charge < -0.3 is 15.4 Å². The second-order valence-electron chi connectivity index (χ2n) is 5.44. The maximum absolute atomic E-state index is 5.47. The molecule has 0 aromatic carbocycles. The molecule has 1 fully saturated rings. The first-order chi connectivity index (χ1) is 7.68. The van der Waals surface area contributed by atoms with Crippen LogP contribution >= 0.6 is 0 Å². The molecule has 3 nitrogen and oxygen atoms in total. The summed E-state index contributed by atoms with van der Waals surface area (Å²) >= 11 is 0. The van der Waals surface area contributed by atoms with Crippen molar-refractivity contribution in [1.29, 1.82) is 0 Å². The van der Waals surface area contributed by atoms with Gasteiger partial charge in [-0.25, -0.2) is 0 Å². The molecular weight excluding hydrogens is 200 g/mol. The van der Waals surface area contributed by atoms with Crippen LogP contribution in [-0.2, 0) is 4.74 Å². The van der Waals surface area contributed by atoms with Crippen LogP contribution in [0.2, 0.25) is 0 Å². The Morgan fingerprint density at radius 3 is 2.69 bits per heavy atom. The van der Waals surface area contributed by atoms with Crippen LogP contribution in [0.25, 0.3) is 0 Å². The number of hydrogen-bond acceptors (Lipinski definition) is 3. The molecule has 0 bridgehead atoms. The predicted octanol–water partition coefficient (Wildman–Crippen LogP) is 1.64. The Morgan fingerprint density at radius 1 is 1.25 bits per heavy atom. The molecule has 16 heavy (non-hydrogen) atoms. The summed E-state index contributed by atoms with van der Waals surface area (Å²) in [5, 5.41) is 7.06. The highest BCUT2D eigenvalue weighted by Gasteiger charge is 2.14. The zero-order chi connectivity index (χ0) is 11.8. The van der Waals surface area contributed by atoms with E-state index in [0.717, 1.165) is 44.7 Å². The molecule has 2 N–H and O–H groups in total. The molecule has 1 saturated heterocycles. The third kappa shape index (κ3) is 6.46. The summed E-state index contributed by atoms with van der Waals surface area (Å²) in [4.78, 5) is 0. The van der Waals surface area contributed by atoms with Crippen LogP contribution in [-0.4, -0.2) is 38.9 Å². The summed E-state index contributed by atoms with van der Waals surface area (Å²) in [5.74, 6) is 1.46. The van der Waals surface area contributed by atoms with Crippen LogP contribution in [0.5, 0.6) is 0 Å². The molecule has 2 atom stereocenters. The molecule has 0 spiro atoms. The maximum Gasteiger partial charge on any atom is 0.0506 e. The van der Waals surface area contributed by atoms with Gasteiger partial charge in [0, 0.05) is 25.7 Å². The molecule has 1 aliphatic rings. The summed E-state index contributed by atoms with van der Waals surface area (Å²) in [6.45, 7) is 11.9. The van der Waals surface area contributed by atoms with Crippen molar-refractivity contribution < 1.29 is 4.74 Å². The molecule has 96 valence electrons. The van der Waals surface area contributed by atoms with Gasteiger partial charge in [-0.3, -0.25) is 0 Å². The minimum atomic E-state index is 0.556. The van der Waals surface area contributed by atoms with E-state index in [0.29, 0.717) is 6.04 Å². The molecular formula is C13H28N2O. The minimum Gasteiger partial charge on any atom is -0.381 e. The second-order valence-corrected chi connectivity index (χ2v) is 5.44. The molecule has 0 aromatic rings. The smallest absolute Gasteiger partial charge is 0.0506 e. The van der Waals surface area contributed by atoms with Gasteiger partial charge in [0.25, 0.3) is 0 Å². The minimum absolute atomic E-state index is 0.556. The van der Waals surface area contributed by atoms with E-state index in [1.807, 2.05) is 0 Å². The van der Waals surface area contributed by atoms with Gasteiger partial charge in [-0.1, -0.05) is 13.8 Å². The summed E-state index contributed by atoms with van der Waals surface area (Å²) < 4.78 is 5.47. The van der Waals surface area contributed by atoms with Gasteiger partial charge in [0.05, 0.1) is 6.61 Å². The van der Waals surface area contributed by atoms with E-state index >= 15 is 0 Å². The molecule has 0 aliphatic carbocycles. The highest BCUT2D eigenvalue weighted by atomic mass is 16.5. The Kier molecular flexibility index (Phi) is 7.01. The number of hydrogen-bond donors (Lipinski definition) is 2. The molecule has 3 heteroatoms. The summed E-state index contributed by atoms with van der Waals surface area (Å²) in [7, 11) is 0. The quantitative estimate of drug-likeness (QED) is 0.695. The Morgan fingerprint density at radius 2 is 2.06 bits per heavy atom. The van der Waals surface area contributed by atoms with Gasteiger partial charge in [-0.2, -0.15) is 0 Å². The molecule has 0 saturated carbocycles. The Hall–Kier alpha value is -0.120. The monoisotopic (exact) mass is 228 g/mol. The first kappa shape index (κ1) is 13.9. The van der Waals surface area contributed by atoms with Crippen molar-refractivity contribution in [2.45, 2.75) is 39.7 Å². The van der Waals surface area contributed by atoms with Gasteiger partial charge in [0.15, 0.2) is 0 Å². The van der Waals surface area contributed by atoms with Crippen molar-refractivity contribution in [1.82, 2.24) is 10.6 Å². The van der Waals surface area contributed by atoms with E-state index in [2.05, 4.69) is 31.4 Å². The largest absolute Gasteiger partial charge is 0.381 e. The lowest BCUT2D eigenvalue weighted by Crippen LogP contribution is -2.41. The highest BCUT2D eigenvalue weighted by molar-refractivity contribution is 4.70. The van der Waals surface area contributed by atoms with Crippen LogP contribution in [0.4, 0.5) is 0 Å². The van der Waals surface area contributed by atoms with E-state index in [9.17, 15) is 0 Å². The van der Waals surface area contributed by atoms with Gasteiger partial charge >= 0.3 is 0 Å². The van der Waals surface area contributed by atoms with Crippen molar-refractivity contribution in [2.75, 3.05) is 32.8 Å². The van der Waals surface area contributed by atoms with E-state index in [1.165, 1.54) is 12.8 Å². The van der Waals surface area contributed by atoms with E-state index < -0.39 is 0 Å². The van der Waals surface area contributed by atoms with Crippen LogP contribution in [0.1, 0.15) is 33.6 Å². The summed E-state index contributed by atoms with van der Waals surface area (Å²) in [6, 6.07) is 0.556. The van der Waals surface area contributed by atoms with Gasteiger partial charge in [-0.05, 0) is 38.1 Å². The average molecular weight is 228 g/mol. The first-order valence-electron chi connectivity index (χ1n) is 6.70. The topological polar surface area (TPSA) is 33.3 Å². The van der Waals surface area contributed by atoms with Crippen molar-refractivity contribution in [3.63, 3.8) is 0 Å². The van der Waals surface area contributed by atoms with Crippen molar-refractivity contribution in [2.24, 2.45) is 11.8 Å². The summed E-state index contributed by atoms with van der Waals surface area (Å²) in [5.41, 5.74) is 0. The standard InChI is InChI=1S/C13H28N2O/c1-11(2)7-14-8-12(3)15-9-13-5-4-6-16-10-13/h11-15H,4-10H2,1-3H3. The molecule has 0 amide bonds. The van der Waals surface area contributed by atoms with Crippen LogP contribution < -0.4 is 10.6 Å². The molecule has 1 aliphatic heterocycles. The number of ether oxygens (including phenoxy) is 1. The fraction of sp³-hybridized carbons (Fsp3) is 1.00. The van der Waals surface area contributed by atoms with Crippen molar-refractivity contribution >= 4 is 0 Å².